The van der Waals surface area contributed by atoms with Crippen LogP contribution in [0.1, 0.15) is 219 Å². The van der Waals surface area contributed by atoms with Crippen molar-refractivity contribution in [2.75, 3.05) is 0 Å². The van der Waals surface area contributed by atoms with Crippen molar-refractivity contribution in [3.8, 4) is 0 Å². The third-order valence-corrected chi connectivity index (χ3v) is 7.71. The summed E-state index contributed by atoms with van der Waals surface area (Å²) in [5.74, 6) is 0. The van der Waals surface area contributed by atoms with Gasteiger partial charge in [0.15, 0.2) is 0 Å². The second kappa shape index (κ2) is 46.2. The van der Waals surface area contributed by atoms with Gasteiger partial charge in [-0.3, -0.25) is 0 Å². The van der Waals surface area contributed by atoms with Crippen LogP contribution in [0.2, 0.25) is 0 Å². The first-order valence-electron chi connectivity index (χ1n) is 18.2. The van der Waals surface area contributed by atoms with E-state index in [0.717, 1.165) is 12.8 Å². The van der Waals surface area contributed by atoms with E-state index < -0.39 is 7.82 Å². The van der Waals surface area contributed by atoms with E-state index in [9.17, 15) is 0 Å². The standard InChI is InChI=1S/2C18H37.H3O4P.Zn/c2*1-3-5-7-9-11-13-15-17-18-16-14-12-10-8-6-4-2;1-5(2,3)4;/h2*1,3-18H2,2H3;(H3,1,2,3,4);/q2*-1;;+2. The molecular formula is C36H77O4PZn. The molecule has 0 aromatic rings. The summed E-state index contributed by atoms with van der Waals surface area (Å²) in [6.07, 6.45) is 45.6. The normalized spacial score (nSPS) is 10.8. The van der Waals surface area contributed by atoms with Crippen LogP contribution in [0, 0.1) is 13.8 Å². The van der Waals surface area contributed by atoms with Crippen molar-refractivity contribution < 1.29 is 38.7 Å². The Labute approximate surface area is 278 Å². The molecule has 4 nitrogen and oxygen atoms in total. The molecule has 0 atom stereocenters. The molecule has 0 radical (unpaired) electrons. The Morgan fingerprint density at radius 1 is 0.357 bits per heavy atom. The topological polar surface area (TPSA) is 77.8 Å². The molecule has 0 spiro atoms. The van der Waals surface area contributed by atoms with Gasteiger partial charge in [-0.1, -0.05) is 206 Å². The van der Waals surface area contributed by atoms with Gasteiger partial charge in [0.1, 0.15) is 0 Å². The fourth-order valence-corrected chi connectivity index (χ4v) is 5.10. The summed E-state index contributed by atoms with van der Waals surface area (Å²) in [7, 11) is -4.64. The first-order chi connectivity index (χ1) is 19.8. The predicted molar refractivity (Wildman–Crippen MR) is 184 cm³/mol. The zero-order chi connectivity index (χ0) is 31.1. The Morgan fingerprint density at radius 2 is 0.476 bits per heavy atom. The third kappa shape index (κ3) is 68.1. The fourth-order valence-electron chi connectivity index (χ4n) is 5.10. The van der Waals surface area contributed by atoms with Crippen molar-refractivity contribution in [2.24, 2.45) is 0 Å². The van der Waals surface area contributed by atoms with Gasteiger partial charge in [-0.2, -0.15) is 12.8 Å². The first kappa shape index (κ1) is 49.6. The zero-order valence-corrected chi connectivity index (χ0v) is 32.8. The van der Waals surface area contributed by atoms with E-state index in [1.807, 2.05) is 0 Å². The summed E-state index contributed by atoms with van der Waals surface area (Å²) in [5, 5.41) is 0. The van der Waals surface area contributed by atoms with Gasteiger partial charge in [-0.15, -0.1) is 0 Å². The molecule has 0 saturated heterocycles. The molecule has 6 heteroatoms. The Kier molecular flexibility index (Phi) is 54.5. The summed E-state index contributed by atoms with van der Waals surface area (Å²) < 4.78 is 8.88. The minimum Gasteiger partial charge on any atom is -0.343 e. The molecule has 0 rings (SSSR count). The number of hydrogen-bond acceptors (Lipinski definition) is 1. The van der Waals surface area contributed by atoms with Crippen LogP contribution < -0.4 is 0 Å². The summed E-state index contributed by atoms with van der Waals surface area (Å²) in [6.45, 7) is 12.4. The number of unbranched alkanes of at least 4 members (excludes halogenated alkanes) is 30. The van der Waals surface area contributed by atoms with Gasteiger partial charge in [-0.25, -0.2) is 4.57 Å². The van der Waals surface area contributed by atoms with Crippen molar-refractivity contribution in [3.63, 3.8) is 0 Å². The minimum absolute atomic E-state index is 0. The average molecular weight is 670 g/mol. The Hall–Kier alpha value is 0.733. The number of hydrogen-bond donors (Lipinski definition) is 3. The average Bonchev–Trinajstić information content (AvgIpc) is 2.93. The van der Waals surface area contributed by atoms with E-state index in [1.54, 1.807) is 0 Å². The second-order valence-electron chi connectivity index (χ2n) is 12.1. The van der Waals surface area contributed by atoms with E-state index in [4.69, 9.17) is 19.2 Å². The van der Waals surface area contributed by atoms with Crippen LogP contribution in [0.5, 0.6) is 0 Å². The number of rotatable bonds is 30. The summed E-state index contributed by atoms with van der Waals surface area (Å²) in [4.78, 5) is 21.6. The molecule has 0 bridgehead atoms. The molecule has 0 amide bonds. The summed E-state index contributed by atoms with van der Waals surface area (Å²) >= 11 is 0. The monoisotopic (exact) mass is 668 g/mol. The van der Waals surface area contributed by atoms with Gasteiger partial charge in [0, 0.05) is 0 Å². The van der Waals surface area contributed by atoms with Gasteiger partial charge in [-0.05, 0) is 0 Å². The van der Waals surface area contributed by atoms with Crippen molar-refractivity contribution in [1.29, 1.82) is 0 Å². The molecular weight excluding hydrogens is 593 g/mol. The molecule has 0 unspecified atom stereocenters. The molecule has 0 aromatic heterocycles. The van der Waals surface area contributed by atoms with Gasteiger partial charge in [0.05, 0.1) is 0 Å². The third-order valence-electron chi connectivity index (χ3n) is 7.71. The van der Waals surface area contributed by atoms with Crippen LogP contribution in [0.4, 0.5) is 0 Å². The van der Waals surface area contributed by atoms with E-state index in [0.29, 0.717) is 0 Å². The van der Waals surface area contributed by atoms with Crippen molar-refractivity contribution in [2.45, 2.75) is 219 Å². The van der Waals surface area contributed by atoms with Gasteiger partial charge in [0.2, 0.25) is 0 Å². The molecule has 0 saturated carbocycles. The fraction of sp³-hybridized carbons (Fsp3) is 0.944. The van der Waals surface area contributed by atoms with Gasteiger partial charge in [0.25, 0.3) is 0 Å². The van der Waals surface area contributed by atoms with Gasteiger partial charge < -0.3 is 28.5 Å². The summed E-state index contributed by atoms with van der Waals surface area (Å²) in [5.41, 5.74) is 0. The summed E-state index contributed by atoms with van der Waals surface area (Å²) in [6, 6.07) is 0. The molecule has 0 aliphatic carbocycles. The molecule has 0 fully saturated rings. The van der Waals surface area contributed by atoms with Crippen LogP contribution >= 0.6 is 7.82 Å². The maximum absolute atomic E-state index is 8.88. The van der Waals surface area contributed by atoms with Crippen LogP contribution in [-0.4, -0.2) is 14.7 Å². The van der Waals surface area contributed by atoms with E-state index in [-0.39, 0.29) is 19.5 Å². The van der Waals surface area contributed by atoms with E-state index in [1.165, 1.54) is 193 Å². The Balaban J connectivity index is -0.000000290. The molecule has 42 heavy (non-hydrogen) atoms. The quantitative estimate of drug-likeness (QED) is 0.0308. The van der Waals surface area contributed by atoms with Crippen LogP contribution in [0.15, 0.2) is 0 Å². The maximum atomic E-state index is 8.88. The zero-order valence-electron chi connectivity index (χ0n) is 28.9. The van der Waals surface area contributed by atoms with Crippen LogP contribution in [0.3, 0.4) is 0 Å². The largest absolute Gasteiger partial charge is 2.00 e. The van der Waals surface area contributed by atoms with E-state index >= 15 is 0 Å². The predicted octanol–water partition coefficient (Wildman–Crippen LogP) is 13.2. The number of phosphoric acid groups is 1. The smallest absolute Gasteiger partial charge is 0.343 e. The first-order valence-corrected chi connectivity index (χ1v) is 19.8. The molecule has 0 aliphatic heterocycles. The molecule has 3 N–H and O–H groups in total. The molecule has 252 valence electrons. The molecule has 0 heterocycles. The van der Waals surface area contributed by atoms with Gasteiger partial charge >= 0.3 is 27.3 Å². The van der Waals surface area contributed by atoms with Crippen molar-refractivity contribution in [1.82, 2.24) is 0 Å². The minimum atomic E-state index is -4.64. The second-order valence-corrected chi connectivity index (χ2v) is 13.1. The molecule has 0 aromatic carbocycles. The van der Waals surface area contributed by atoms with Crippen LogP contribution in [-0.2, 0) is 24.0 Å². The SMILES string of the molecule is O=P(O)(O)O.[CH2-]CCCCCCCCCCCCCCCCC.[CH2-]CCCCCCCCCCCCCCCCC.[Zn+2]. The maximum Gasteiger partial charge on any atom is 2.00 e. The van der Waals surface area contributed by atoms with Crippen LogP contribution in [0.25, 0.3) is 0 Å². The van der Waals surface area contributed by atoms with Crippen molar-refractivity contribution in [3.05, 3.63) is 13.8 Å². The molecule has 0 aliphatic rings. The van der Waals surface area contributed by atoms with Crippen molar-refractivity contribution >= 4 is 7.82 Å². The van der Waals surface area contributed by atoms with E-state index in [2.05, 4.69) is 27.7 Å². The Morgan fingerprint density at radius 3 is 0.595 bits per heavy atom. The Bertz CT molecular complexity index is 401.